The zero-order valence-corrected chi connectivity index (χ0v) is 15.8. The second-order valence-corrected chi connectivity index (χ2v) is 6.95. The smallest absolute Gasteiger partial charge is 0.328 e. The number of halogens is 1. The first-order chi connectivity index (χ1) is 13.1. The minimum Gasteiger partial charge on any atom is -0.478 e. The van der Waals surface area contributed by atoms with Gasteiger partial charge in [0, 0.05) is 22.3 Å². The first-order valence-electron chi connectivity index (χ1n) is 8.36. The van der Waals surface area contributed by atoms with Crippen molar-refractivity contribution in [3.05, 3.63) is 89.2 Å². The number of aromatic nitrogens is 2. The molecule has 2 heterocycles. The number of aliphatic carboxylic acids is 1. The van der Waals surface area contributed by atoms with Crippen LogP contribution in [-0.2, 0) is 4.79 Å². The summed E-state index contributed by atoms with van der Waals surface area (Å²) in [5, 5.41) is 9.04. The van der Waals surface area contributed by atoms with Crippen molar-refractivity contribution in [3.63, 3.8) is 0 Å². The molecule has 0 aliphatic carbocycles. The van der Waals surface area contributed by atoms with E-state index in [2.05, 4.69) is 40.2 Å². The van der Waals surface area contributed by atoms with E-state index in [1.807, 2.05) is 53.1 Å². The van der Waals surface area contributed by atoms with Crippen molar-refractivity contribution in [2.75, 3.05) is 0 Å². The van der Waals surface area contributed by atoms with Gasteiger partial charge < -0.3 is 5.11 Å². The molecular formula is C22H15BrN2O2. The fourth-order valence-electron chi connectivity index (χ4n) is 3.01. The summed E-state index contributed by atoms with van der Waals surface area (Å²) in [4.78, 5) is 15.7. The Balaban J connectivity index is 1.83. The molecule has 4 aromatic rings. The maximum Gasteiger partial charge on any atom is 0.328 e. The highest BCUT2D eigenvalue weighted by atomic mass is 79.9. The molecule has 0 radical (unpaired) electrons. The van der Waals surface area contributed by atoms with Crippen LogP contribution in [0, 0.1) is 0 Å². The lowest BCUT2D eigenvalue weighted by atomic mass is 10.0. The first kappa shape index (κ1) is 17.2. The highest BCUT2D eigenvalue weighted by Gasteiger charge is 2.13. The van der Waals surface area contributed by atoms with Crippen molar-refractivity contribution in [2.24, 2.45) is 0 Å². The summed E-state index contributed by atoms with van der Waals surface area (Å²) >= 11 is 3.46. The number of pyridine rings is 1. The van der Waals surface area contributed by atoms with E-state index in [4.69, 9.17) is 10.1 Å². The van der Waals surface area contributed by atoms with E-state index in [1.165, 1.54) is 0 Å². The maximum absolute atomic E-state index is 11.0. The Bertz CT molecular complexity index is 1150. The normalized spacial score (nSPS) is 11.3. The van der Waals surface area contributed by atoms with E-state index in [9.17, 15) is 4.79 Å². The summed E-state index contributed by atoms with van der Waals surface area (Å²) in [6.45, 7) is 0. The van der Waals surface area contributed by atoms with Crippen molar-refractivity contribution in [2.45, 2.75) is 0 Å². The molecule has 0 unspecified atom stereocenters. The third kappa shape index (κ3) is 3.55. The summed E-state index contributed by atoms with van der Waals surface area (Å²) in [6, 6.07) is 22.1. The third-order valence-electron chi connectivity index (χ3n) is 4.27. The molecule has 2 aromatic heterocycles. The summed E-state index contributed by atoms with van der Waals surface area (Å²) < 4.78 is 2.77. The van der Waals surface area contributed by atoms with E-state index in [0.29, 0.717) is 0 Å². The predicted octanol–water partition coefficient (Wildman–Crippen LogP) is 5.53. The SMILES string of the molecule is O=C(O)/C=C/c1c(-c2ccc(-c3ccccc3)cc2)nc2ccc(Br)cn12. The van der Waals surface area contributed by atoms with Gasteiger partial charge in [-0.2, -0.15) is 0 Å². The van der Waals surface area contributed by atoms with Gasteiger partial charge in [0.1, 0.15) is 5.65 Å². The molecule has 0 spiro atoms. The Labute approximate surface area is 164 Å². The number of nitrogens with zero attached hydrogens (tertiary/aromatic N) is 2. The van der Waals surface area contributed by atoms with Crippen LogP contribution in [-0.4, -0.2) is 20.5 Å². The predicted molar refractivity (Wildman–Crippen MR) is 110 cm³/mol. The molecule has 0 atom stereocenters. The van der Waals surface area contributed by atoms with Crippen molar-refractivity contribution in [1.82, 2.24) is 9.38 Å². The average molecular weight is 419 g/mol. The van der Waals surface area contributed by atoms with E-state index in [1.54, 1.807) is 6.08 Å². The number of hydrogen-bond donors (Lipinski definition) is 1. The van der Waals surface area contributed by atoms with Gasteiger partial charge in [-0.05, 0) is 45.3 Å². The molecule has 27 heavy (non-hydrogen) atoms. The summed E-state index contributed by atoms with van der Waals surface area (Å²) in [5.41, 5.74) is 5.42. The van der Waals surface area contributed by atoms with Crippen LogP contribution in [0.3, 0.4) is 0 Å². The number of hydrogen-bond acceptors (Lipinski definition) is 2. The topological polar surface area (TPSA) is 54.6 Å². The van der Waals surface area contributed by atoms with Crippen molar-refractivity contribution in [3.8, 4) is 22.4 Å². The van der Waals surface area contributed by atoms with Crippen LogP contribution in [0.2, 0.25) is 0 Å². The van der Waals surface area contributed by atoms with Gasteiger partial charge in [0.25, 0.3) is 0 Å². The molecule has 0 fully saturated rings. The molecule has 0 aliphatic heterocycles. The summed E-state index contributed by atoms with van der Waals surface area (Å²) in [7, 11) is 0. The number of rotatable bonds is 4. The molecule has 4 rings (SSSR count). The molecule has 0 saturated carbocycles. The molecular weight excluding hydrogens is 404 g/mol. The standard InChI is InChI=1S/C22H15BrN2O2/c23-18-10-12-20-24-22(19(25(20)14-18)11-13-21(26)27)17-8-6-16(7-9-17)15-4-2-1-3-5-15/h1-14H,(H,26,27)/b13-11+. The third-order valence-corrected chi connectivity index (χ3v) is 4.74. The lowest BCUT2D eigenvalue weighted by Crippen LogP contribution is -1.91. The van der Waals surface area contributed by atoms with Crippen molar-refractivity contribution < 1.29 is 9.90 Å². The van der Waals surface area contributed by atoms with Crippen molar-refractivity contribution in [1.29, 1.82) is 0 Å². The number of fused-ring (bicyclic) bond motifs is 1. The first-order valence-corrected chi connectivity index (χ1v) is 9.15. The number of carbonyl (C=O) groups is 1. The second-order valence-electron chi connectivity index (χ2n) is 6.04. The zero-order chi connectivity index (χ0) is 18.8. The van der Waals surface area contributed by atoms with Gasteiger partial charge in [-0.3, -0.25) is 4.40 Å². The second kappa shape index (κ2) is 7.21. The average Bonchev–Trinajstić information content (AvgIpc) is 3.05. The van der Waals surface area contributed by atoms with Crippen LogP contribution in [0.5, 0.6) is 0 Å². The summed E-state index contributed by atoms with van der Waals surface area (Å²) in [6.07, 6.45) is 4.59. The quantitative estimate of drug-likeness (QED) is 0.443. The molecule has 2 aromatic carbocycles. The zero-order valence-electron chi connectivity index (χ0n) is 14.2. The number of imidazole rings is 1. The highest BCUT2D eigenvalue weighted by molar-refractivity contribution is 9.10. The van der Waals surface area contributed by atoms with Crippen molar-refractivity contribution >= 4 is 33.6 Å². The Morgan fingerprint density at radius 1 is 0.926 bits per heavy atom. The van der Waals surface area contributed by atoms with Gasteiger partial charge in [0.05, 0.1) is 11.4 Å². The minimum absolute atomic E-state index is 0.723. The van der Waals surface area contributed by atoms with E-state index >= 15 is 0 Å². The lowest BCUT2D eigenvalue weighted by molar-refractivity contribution is -0.131. The fraction of sp³-hybridized carbons (Fsp3) is 0. The Morgan fingerprint density at radius 3 is 2.30 bits per heavy atom. The van der Waals surface area contributed by atoms with Gasteiger partial charge in [0.2, 0.25) is 0 Å². The number of carboxylic acid groups (broad SMARTS) is 1. The summed E-state index contributed by atoms with van der Waals surface area (Å²) in [5.74, 6) is -0.995. The van der Waals surface area contributed by atoms with Crippen LogP contribution < -0.4 is 0 Å². The van der Waals surface area contributed by atoms with Crippen LogP contribution in [0.15, 0.2) is 83.5 Å². The monoisotopic (exact) mass is 418 g/mol. The van der Waals surface area contributed by atoms with Gasteiger partial charge in [0.15, 0.2) is 0 Å². The molecule has 0 saturated heterocycles. The molecule has 0 bridgehead atoms. The largest absolute Gasteiger partial charge is 0.478 e. The Morgan fingerprint density at radius 2 is 1.59 bits per heavy atom. The van der Waals surface area contributed by atoms with Crippen LogP contribution >= 0.6 is 15.9 Å². The minimum atomic E-state index is -0.995. The van der Waals surface area contributed by atoms with Gasteiger partial charge in [-0.25, -0.2) is 9.78 Å². The Hall–Kier alpha value is -3.18. The van der Waals surface area contributed by atoms with Gasteiger partial charge >= 0.3 is 5.97 Å². The van der Waals surface area contributed by atoms with Gasteiger partial charge in [-0.1, -0.05) is 54.6 Å². The molecule has 5 heteroatoms. The van der Waals surface area contributed by atoms with Crippen LogP contribution in [0.25, 0.3) is 34.1 Å². The maximum atomic E-state index is 11.0. The Kier molecular flexibility index (Phi) is 4.60. The van der Waals surface area contributed by atoms with Crippen LogP contribution in [0.1, 0.15) is 5.69 Å². The molecule has 0 amide bonds. The molecule has 0 aliphatic rings. The van der Waals surface area contributed by atoms with E-state index < -0.39 is 5.97 Å². The van der Waals surface area contributed by atoms with Gasteiger partial charge in [-0.15, -0.1) is 0 Å². The molecule has 4 nitrogen and oxygen atoms in total. The number of carboxylic acids is 1. The number of benzene rings is 2. The fourth-order valence-corrected chi connectivity index (χ4v) is 3.35. The lowest BCUT2D eigenvalue weighted by Gasteiger charge is -2.04. The van der Waals surface area contributed by atoms with E-state index in [0.717, 1.165) is 44.3 Å². The highest BCUT2D eigenvalue weighted by Crippen LogP contribution is 2.29. The molecule has 132 valence electrons. The van der Waals surface area contributed by atoms with Crippen LogP contribution in [0.4, 0.5) is 0 Å². The molecule has 1 N–H and O–H groups in total. The van der Waals surface area contributed by atoms with E-state index in [-0.39, 0.29) is 0 Å².